The third kappa shape index (κ3) is 2.86. The van der Waals surface area contributed by atoms with Crippen molar-refractivity contribution in [1.82, 2.24) is 49.8 Å². The van der Waals surface area contributed by atoms with E-state index in [1.54, 1.807) is 37.2 Å². The number of pyridine rings is 4. The summed E-state index contributed by atoms with van der Waals surface area (Å²) in [6.45, 7) is 0. The highest BCUT2D eigenvalue weighted by molar-refractivity contribution is 6.22. The molecule has 0 aliphatic rings. The number of hydrogen-bond acceptors (Lipinski definition) is 8. The van der Waals surface area contributed by atoms with Crippen LogP contribution in [0.2, 0.25) is 0 Å². The molecule has 7 aromatic heterocycles. The van der Waals surface area contributed by atoms with Crippen LogP contribution in [0.15, 0.2) is 85.7 Å². The summed E-state index contributed by atoms with van der Waals surface area (Å²) in [5.74, 6) is 1.24. The van der Waals surface area contributed by atoms with Crippen molar-refractivity contribution in [3.05, 3.63) is 85.7 Å². The quantitative estimate of drug-likeness (QED) is 0.277. The number of aromatic nitrogens is 10. The number of benzene rings is 2. The Morgan fingerprint density at radius 1 is 0.400 bits per heavy atom. The third-order valence-corrected chi connectivity index (χ3v) is 7.27. The van der Waals surface area contributed by atoms with Gasteiger partial charge >= 0.3 is 0 Å². The molecule has 9 rings (SSSR count). The normalized spacial score (nSPS) is 12.0. The molecule has 0 bridgehead atoms. The Balaban J connectivity index is 1.20. The molecule has 2 aromatic carbocycles. The third-order valence-electron chi connectivity index (χ3n) is 7.27. The lowest BCUT2D eigenvalue weighted by atomic mass is 10.1. The minimum Gasteiger partial charge on any atom is -0.336 e. The van der Waals surface area contributed by atoms with E-state index in [1.807, 2.05) is 48.5 Å². The Kier molecular flexibility index (Phi) is 4.11. The molecule has 10 heteroatoms. The molecule has 0 saturated carbocycles. The first-order chi connectivity index (χ1) is 19.8. The Bertz CT molecular complexity index is 2120. The van der Waals surface area contributed by atoms with E-state index >= 15 is 0 Å². The summed E-state index contributed by atoms with van der Waals surface area (Å²) in [5.41, 5.74) is 7.97. The van der Waals surface area contributed by atoms with Gasteiger partial charge in [0.25, 0.3) is 0 Å². The molecule has 0 unspecified atom stereocenters. The summed E-state index contributed by atoms with van der Waals surface area (Å²) in [5, 5.41) is 3.78. The zero-order valence-corrected chi connectivity index (χ0v) is 20.7. The largest absolute Gasteiger partial charge is 0.336 e. The van der Waals surface area contributed by atoms with E-state index in [0.29, 0.717) is 23.0 Å². The van der Waals surface area contributed by atoms with Crippen molar-refractivity contribution >= 4 is 65.7 Å². The zero-order valence-electron chi connectivity index (χ0n) is 20.7. The van der Waals surface area contributed by atoms with Crippen LogP contribution >= 0.6 is 0 Å². The fourth-order valence-electron chi connectivity index (χ4n) is 5.50. The number of fused-ring (bicyclic) bond motifs is 12. The summed E-state index contributed by atoms with van der Waals surface area (Å²) >= 11 is 0. The molecule has 0 atom stereocenters. The van der Waals surface area contributed by atoms with Gasteiger partial charge < -0.3 is 9.97 Å². The van der Waals surface area contributed by atoms with Gasteiger partial charge in [-0.25, -0.2) is 19.9 Å². The van der Waals surface area contributed by atoms with Crippen molar-refractivity contribution < 1.29 is 0 Å². The molecular weight excluding hydrogens is 500 g/mol. The summed E-state index contributed by atoms with van der Waals surface area (Å²) in [4.78, 5) is 44.4. The average molecular weight is 517 g/mol. The molecule has 7 heterocycles. The molecule has 0 radical (unpaired) electrons. The van der Waals surface area contributed by atoms with Crippen molar-refractivity contribution in [3.8, 4) is 23.0 Å². The van der Waals surface area contributed by atoms with Gasteiger partial charge in [-0.15, -0.1) is 0 Å². The molecule has 186 valence electrons. The van der Waals surface area contributed by atoms with Crippen LogP contribution in [-0.4, -0.2) is 49.8 Å². The summed E-state index contributed by atoms with van der Waals surface area (Å²) in [7, 11) is 0. The SMILES string of the molecule is c1cnc2c(c1)c1nc(-c3cnc(-c4nc5c6cccnc6c6ncccc6c5[nH]4)cn3)[nH]c1c1cccnc12. The van der Waals surface area contributed by atoms with Gasteiger partial charge in [0.15, 0.2) is 11.6 Å². The lowest BCUT2D eigenvalue weighted by molar-refractivity contribution is 1.14. The van der Waals surface area contributed by atoms with Crippen molar-refractivity contribution in [3.63, 3.8) is 0 Å². The maximum Gasteiger partial charge on any atom is 0.158 e. The van der Waals surface area contributed by atoms with Crippen LogP contribution in [0.5, 0.6) is 0 Å². The Morgan fingerprint density at radius 3 is 1.18 bits per heavy atom. The van der Waals surface area contributed by atoms with Gasteiger partial charge in [-0.1, -0.05) is 0 Å². The van der Waals surface area contributed by atoms with E-state index in [-0.39, 0.29) is 0 Å². The second-order valence-electron chi connectivity index (χ2n) is 9.50. The zero-order chi connectivity index (χ0) is 26.2. The van der Waals surface area contributed by atoms with E-state index in [1.165, 1.54) is 0 Å². The van der Waals surface area contributed by atoms with E-state index < -0.39 is 0 Å². The first-order valence-corrected chi connectivity index (χ1v) is 12.7. The lowest BCUT2D eigenvalue weighted by Crippen LogP contribution is -1.91. The molecule has 0 aliphatic carbocycles. The first-order valence-electron chi connectivity index (χ1n) is 12.7. The minimum absolute atomic E-state index is 0.620. The highest BCUT2D eigenvalue weighted by Crippen LogP contribution is 2.34. The Labute approximate surface area is 224 Å². The van der Waals surface area contributed by atoms with E-state index in [0.717, 1.165) is 65.7 Å². The number of H-pyrrole nitrogens is 2. The van der Waals surface area contributed by atoms with E-state index in [4.69, 9.17) is 19.9 Å². The fraction of sp³-hybridized carbons (Fsp3) is 0. The number of imidazole rings is 2. The van der Waals surface area contributed by atoms with Crippen LogP contribution in [0.25, 0.3) is 88.7 Å². The standard InChI is InChI=1S/C30H16N10/c1-5-15-21(31-9-1)22-16(6-2-10-32-22)26-25(15)37-29(38-26)19-13-36-20(14-35-19)30-39-27-17-7-3-11-33-23(17)24-18(28(27)40-30)8-4-12-34-24/h1-14H,(H,37,38)(H,39,40). The lowest BCUT2D eigenvalue weighted by Gasteiger charge is -2.03. The summed E-state index contributed by atoms with van der Waals surface area (Å²) < 4.78 is 0. The van der Waals surface area contributed by atoms with Crippen molar-refractivity contribution in [2.75, 3.05) is 0 Å². The number of nitrogens with zero attached hydrogens (tertiary/aromatic N) is 8. The predicted molar refractivity (Wildman–Crippen MR) is 153 cm³/mol. The molecule has 9 aromatic rings. The Hall–Kier alpha value is -5.90. The van der Waals surface area contributed by atoms with Crippen LogP contribution in [-0.2, 0) is 0 Å². The highest BCUT2D eigenvalue weighted by atomic mass is 15.0. The predicted octanol–water partition coefficient (Wildman–Crippen LogP) is 5.76. The number of rotatable bonds is 2. The molecule has 40 heavy (non-hydrogen) atoms. The second-order valence-corrected chi connectivity index (χ2v) is 9.50. The molecule has 0 aliphatic heterocycles. The summed E-state index contributed by atoms with van der Waals surface area (Å²) in [6, 6.07) is 15.7. The van der Waals surface area contributed by atoms with E-state index in [2.05, 4.69) is 29.9 Å². The van der Waals surface area contributed by atoms with Gasteiger partial charge in [0.05, 0.1) is 56.5 Å². The number of nitrogens with one attached hydrogen (secondary N) is 2. The van der Waals surface area contributed by atoms with Crippen LogP contribution in [0.1, 0.15) is 0 Å². The maximum atomic E-state index is 4.90. The second kappa shape index (κ2) is 7.81. The summed E-state index contributed by atoms with van der Waals surface area (Å²) in [6.07, 6.45) is 10.5. The van der Waals surface area contributed by atoms with Gasteiger partial charge in [-0.2, -0.15) is 0 Å². The van der Waals surface area contributed by atoms with Crippen molar-refractivity contribution in [2.45, 2.75) is 0 Å². The van der Waals surface area contributed by atoms with Gasteiger partial charge in [-0.3, -0.25) is 19.9 Å². The highest BCUT2D eigenvalue weighted by Gasteiger charge is 2.18. The molecule has 0 spiro atoms. The molecule has 0 fully saturated rings. The minimum atomic E-state index is 0.620. The van der Waals surface area contributed by atoms with Gasteiger partial charge in [0.2, 0.25) is 0 Å². The molecular formula is C30H16N10. The van der Waals surface area contributed by atoms with Gasteiger partial charge in [0.1, 0.15) is 11.4 Å². The molecule has 10 nitrogen and oxygen atoms in total. The fourth-order valence-corrected chi connectivity index (χ4v) is 5.50. The monoisotopic (exact) mass is 516 g/mol. The topological polar surface area (TPSA) is 135 Å². The first kappa shape index (κ1) is 21.1. The number of aromatic amines is 2. The van der Waals surface area contributed by atoms with Crippen molar-refractivity contribution in [2.24, 2.45) is 0 Å². The van der Waals surface area contributed by atoms with Gasteiger partial charge in [-0.05, 0) is 48.5 Å². The molecule has 0 amide bonds. The van der Waals surface area contributed by atoms with Crippen LogP contribution in [0.3, 0.4) is 0 Å². The van der Waals surface area contributed by atoms with E-state index in [9.17, 15) is 0 Å². The number of hydrogen-bond donors (Lipinski definition) is 2. The van der Waals surface area contributed by atoms with Crippen LogP contribution in [0, 0.1) is 0 Å². The van der Waals surface area contributed by atoms with Gasteiger partial charge in [0, 0.05) is 46.3 Å². The smallest absolute Gasteiger partial charge is 0.158 e. The van der Waals surface area contributed by atoms with Crippen LogP contribution in [0.4, 0.5) is 0 Å². The average Bonchev–Trinajstić information content (AvgIpc) is 3.68. The maximum absolute atomic E-state index is 4.90. The molecule has 2 N–H and O–H groups in total. The Morgan fingerprint density at radius 2 is 0.775 bits per heavy atom. The molecule has 0 saturated heterocycles. The van der Waals surface area contributed by atoms with Crippen molar-refractivity contribution in [1.29, 1.82) is 0 Å². The van der Waals surface area contributed by atoms with Crippen LogP contribution < -0.4 is 0 Å².